The number of amides is 2. The summed E-state index contributed by atoms with van der Waals surface area (Å²) in [6.45, 7) is 3.58. The Hall–Kier alpha value is -2.40. The Morgan fingerprint density at radius 1 is 1.15 bits per heavy atom. The molecule has 0 saturated carbocycles. The molecule has 1 N–H and O–H groups in total. The van der Waals surface area contributed by atoms with E-state index in [4.69, 9.17) is 0 Å². The largest absolute Gasteiger partial charge is 0.349 e. The molecular weight excluding hydrogens is 404 g/mol. The molecule has 0 bridgehead atoms. The summed E-state index contributed by atoms with van der Waals surface area (Å²) in [5.74, 6) is -0.135. The molecule has 0 spiro atoms. The highest BCUT2D eigenvalue weighted by Gasteiger charge is 2.28. The summed E-state index contributed by atoms with van der Waals surface area (Å²) in [4.78, 5) is 26.5. The van der Waals surface area contributed by atoms with Gasteiger partial charge in [0.2, 0.25) is 11.8 Å². The van der Waals surface area contributed by atoms with Crippen molar-refractivity contribution in [2.75, 3.05) is 0 Å². The van der Waals surface area contributed by atoms with E-state index in [9.17, 15) is 9.59 Å². The molecule has 1 heterocycles. The number of hydrogen-bond donors (Lipinski definition) is 1. The van der Waals surface area contributed by atoms with Crippen LogP contribution in [0.1, 0.15) is 55.5 Å². The van der Waals surface area contributed by atoms with Gasteiger partial charge in [0.1, 0.15) is 0 Å². The molecule has 0 aromatic heterocycles. The van der Waals surface area contributed by atoms with Crippen LogP contribution in [0.4, 0.5) is 0 Å². The fourth-order valence-electron chi connectivity index (χ4n) is 3.46. The number of carbonyl (C=O) groups excluding carboxylic acids is 2. The molecule has 2 atom stereocenters. The van der Waals surface area contributed by atoms with Gasteiger partial charge in [0.25, 0.3) is 0 Å². The maximum absolute atomic E-state index is 12.8. The van der Waals surface area contributed by atoms with Crippen LogP contribution in [-0.2, 0) is 9.59 Å². The van der Waals surface area contributed by atoms with E-state index >= 15 is 0 Å². The molecule has 5 heteroatoms. The number of benzene rings is 2. The minimum atomic E-state index is -0.286. The molecule has 27 heavy (non-hydrogen) atoms. The number of rotatable bonds is 5. The van der Waals surface area contributed by atoms with E-state index in [2.05, 4.69) is 21.2 Å². The molecule has 2 aromatic carbocycles. The van der Waals surface area contributed by atoms with Crippen LogP contribution in [0.25, 0.3) is 6.08 Å². The van der Waals surface area contributed by atoms with Gasteiger partial charge in [0.05, 0.1) is 18.5 Å². The second-order valence-corrected chi connectivity index (χ2v) is 7.59. The Morgan fingerprint density at radius 3 is 2.52 bits per heavy atom. The zero-order valence-electron chi connectivity index (χ0n) is 15.5. The molecule has 3 rings (SSSR count). The number of nitrogens with zero attached hydrogens (tertiary/aromatic N) is 1. The van der Waals surface area contributed by atoms with Crippen molar-refractivity contribution in [1.82, 2.24) is 10.2 Å². The monoisotopic (exact) mass is 426 g/mol. The molecule has 2 aromatic rings. The lowest BCUT2D eigenvalue weighted by molar-refractivity contribution is -0.130. The van der Waals surface area contributed by atoms with Crippen LogP contribution in [0.5, 0.6) is 0 Å². The number of halogens is 1. The predicted octanol–water partition coefficient (Wildman–Crippen LogP) is 4.98. The van der Waals surface area contributed by atoms with Crippen LogP contribution in [0.2, 0.25) is 0 Å². The van der Waals surface area contributed by atoms with E-state index in [-0.39, 0.29) is 30.3 Å². The van der Waals surface area contributed by atoms with E-state index in [1.807, 2.05) is 61.5 Å². The standard InChI is InChI=1S/C22H23BrN2O2/c1-3-20(17-8-10-18(23)11-9-17)24-22(27)14-21-19-7-5-4-6-16(19)12-13-25(21)15(2)26/h4-13,20-21H,3,14H2,1-2H3,(H,24,27)/t20-,21-/m0/s1. The maximum atomic E-state index is 12.8. The SMILES string of the molecule is CC[C@H](NC(=O)C[C@H]1c2ccccc2C=CN1C(C)=O)c1ccc(Br)cc1. The van der Waals surface area contributed by atoms with Gasteiger partial charge in [-0.15, -0.1) is 0 Å². The Labute approximate surface area is 168 Å². The highest BCUT2D eigenvalue weighted by Crippen LogP contribution is 2.33. The van der Waals surface area contributed by atoms with E-state index in [1.54, 1.807) is 11.1 Å². The molecule has 0 radical (unpaired) electrons. The predicted molar refractivity (Wildman–Crippen MR) is 111 cm³/mol. The lowest BCUT2D eigenvalue weighted by Crippen LogP contribution is -2.36. The average molecular weight is 427 g/mol. The molecule has 0 unspecified atom stereocenters. The van der Waals surface area contributed by atoms with Crippen LogP contribution >= 0.6 is 15.9 Å². The molecule has 1 aliphatic rings. The first kappa shape index (κ1) is 19.4. The van der Waals surface area contributed by atoms with Crippen molar-refractivity contribution in [1.29, 1.82) is 0 Å². The summed E-state index contributed by atoms with van der Waals surface area (Å²) < 4.78 is 1.01. The van der Waals surface area contributed by atoms with Crippen LogP contribution in [0, 0.1) is 0 Å². The van der Waals surface area contributed by atoms with Gasteiger partial charge in [-0.2, -0.15) is 0 Å². The van der Waals surface area contributed by atoms with Crippen molar-refractivity contribution in [3.05, 3.63) is 75.9 Å². The van der Waals surface area contributed by atoms with Crippen LogP contribution < -0.4 is 5.32 Å². The zero-order valence-corrected chi connectivity index (χ0v) is 17.1. The van der Waals surface area contributed by atoms with Gasteiger partial charge >= 0.3 is 0 Å². The number of nitrogens with one attached hydrogen (secondary N) is 1. The van der Waals surface area contributed by atoms with Gasteiger partial charge in [0, 0.05) is 17.6 Å². The van der Waals surface area contributed by atoms with Gasteiger partial charge in [0.15, 0.2) is 0 Å². The van der Waals surface area contributed by atoms with Crippen LogP contribution in [0.15, 0.2) is 59.2 Å². The Balaban J connectivity index is 1.77. The van der Waals surface area contributed by atoms with Crippen molar-refractivity contribution in [2.24, 2.45) is 0 Å². The zero-order chi connectivity index (χ0) is 19.4. The lowest BCUT2D eigenvalue weighted by atomic mass is 9.93. The topological polar surface area (TPSA) is 49.4 Å². The first-order valence-electron chi connectivity index (χ1n) is 9.10. The lowest BCUT2D eigenvalue weighted by Gasteiger charge is -2.32. The molecule has 0 saturated heterocycles. The molecule has 4 nitrogen and oxygen atoms in total. The third-order valence-corrected chi connectivity index (χ3v) is 5.39. The summed E-state index contributed by atoms with van der Waals surface area (Å²) in [7, 11) is 0. The van der Waals surface area contributed by atoms with Crippen molar-refractivity contribution < 1.29 is 9.59 Å². The second-order valence-electron chi connectivity index (χ2n) is 6.67. The summed E-state index contributed by atoms with van der Waals surface area (Å²) in [5.41, 5.74) is 3.12. The molecule has 0 aliphatic carbocycles. The number of fused-ring (bicyclic) bond motifs is 1. The fourth-order valence-corrected chi connectivity index (χ4v) is 3.72. The molecule has 140 valence electrons. The highest BCUT2D eigenvalue weighted by molar-refractivity contribution is 9.10. The number of carbonyl (C=O) groups is 2. The second kappa shape index (κ2) is 8.53. The minimum Gasteiger partial charge on any atom is -0.349 e. The molecule has 2 amide bonds. The van der Waals surface area contributed by atoms with Crippen LogP contribution in [-0.4, -0.2) is 16.7 Å². The Kier molecular flexibility index (Phi) is 6.11. The van der Waals surface area contributed by atoms with Crippen molar-refractivity contribution in [3.63, 3.8) is 0 Å². The Bertz CT molecular complexity index is 861. The first-order valence-corrected chi connectivity index (χ1v) is 9.89. The van der Waals surface area contributed by atoms with E-state index < -0.39 is 0 Å². The molecular formula is C22H23BrN2O2. The van der Waals surface area contributed by atoms with E-state index in [0.29, 0.717) is 0 Å². The summed E-state index contributed by atoms with van der Waals surface area (Å²) >= 11 is 3.44. The minimum absolute atomic E-state index is 0.0502. The van der Waals surface area contributed by atoms with Gasteiger partial charge in [-0.3, -0.25) is 9.59 Å². The summed E-state index contributed by atoms with van der Waals surface area (Å²) in [6, 6.07) is 15.5. The third-order valence-electron chi connectivity index (χ3n) is 4.86. The van der Waals surface area contributed by atoms with Crippen LogP contribution in [0.3, 0.4) is 0 Å². The smallest absolute Gasteiger partial charge is 0.223 e. The third kappa shape index (κ3) is 4.48. The fraction of sp³-hybridized carbons (Fsp3) is 0.273. The normalized spacial score (nSPS) is 16.6. The van der Waals surface area contributed by atoms with E-state index in [0.717, 1.165) is 27.6 Å². The van der Waals surface area contributed by atoms with Gasteiger partial charge in [-0.05, 0) is 41.3 Å². The molecule has 0 fully saturated rings. The first-order chi connectivity index (χ1) is 13.0. The average Bonchev–Trinajstić information content (AvgIpc) is 2.67. The Morgan fingerprint density at radius 2 is 1.85 bits per heavy atom. The van der Waals surface area contributed by atoms with Crippen molar-refractivity contribution in [3.8, 4) is 0 Å². The van der Waals surface area contributed by atoms with E-state index in [1.165, 1.54) is 6.92 Å². The quantitative estimate of drug-likeness (QED) is 0.732. The summed E-state index contributed by atoms with van der Waals surface area (Å²) in [6.07, 6.45) is 4.72. The van der Waals surface area contributed by atoms with Gasteiger partial charge < -0.3 is 10.2 Å². The summed E-state index contributed by atoms with van der Waals surface area (Å²) in [5, 5.41) is 3.12. The maximum Gasteiger partial charge on any atom is 0.223 e. The van der Waals surface area contributed by atoms with Crippen molar-refractivity contribution in [2.45, 2.75) is 38.8 Å². The van der Waals surface area contributed by atoms with Gasteiger partial charge in [-0.1, -0.05) is 59.3 Å². The van der Waals surface area contributed by atoms with Crippen molar-refractivity contribution >= 4 is 33.8 Å². The van der Waals surface area contributed by atoms with Gasteiger partial charge in [-0.25, -0.2) is 0 Å². The number of hydrogen-bond acceptors (Lipinski definition) is 2. The molecule has 1 aliphatic heterocycles. The highest BCUT2D eigenvalue weighted by atomic mass is 79.9.